The molecule has 0 aliphatic carbocycles. The lowest BCUT2D eigenvalue weighted by Gasteiger charge is -2.09. The molecule has 2 rings (SSSR count). The van der Waals surface area contributed by atoms with Crippen LogP contribution in [-0.4, -0.2) is 18.3 Å². The molecule has 0 radical (unpaired) electrons. The highest BCUT2D eigenvalue weighted by atomic mass is 79.9. The largest absolute Gasteiger partial charge is 0.393 e. The minimum Gasteiger partial charge on any atom is -0.393 e. The molecule has 0 amide bonds. The van der Waals surface area contributed by atoms with Crippen molar-refractivity contribution in [1.29, 1.82) is 0 Å². The Bertz CT molecular complexity index is 947. The number of nitrogen functional groups attached to an aromatic ring is 1. The molecule has 126 valence electrons. The predicted molar refractivity (Wildman–Crippen MR) is 89.1 cm³/mol. The fourth-order valence-electron chi connectivity index (χ4n) is 1.84. The van der Waals surface area contributed by atoms with Gasteiger partial charge in [-0.2, -0.15) is 0 Å². The van der Waals surface area contributed by atoms with Gasteiger partial charge in [-0.15, -0.1) is 0 Å². The van der Waals surface area contributed by atoms with Crippen molar-refractivity contribution < 1.29 is 18.3 Å². The van der Waals surface area contributed by atoms with E-state index in [0.29, 0.717) is 4.47 Å². The first-order valence-electron chi connectivity index (χ1n) is 6.12. The van der Waals surface area contributed by atoms with E-state index in [-0.39, 0.29) is 11.4 Å². The Morgan fingerprint density at radius 3 is 2.21 bits per heavy atom. The molecule has 0 heterocycles. The molecule has 3 N–H and O–H groups in total. The van der Waals surface area contributed by atoms with Gasteiger partial charge in [-0.05, 0) is 24.3 Å². The van der Waals surface area contributed by atoms with Crippen molar-refractivity contribution in [1.82, 2.24) is 0 Å². The van der Waals surface area contributed by atoms with Gasteiger partial charge < -0.3 is 5.73 Å². The number of halogens is 1. The van der Waals surface area contributed by atoms with Crippen LogP contribution in [0.3, 0.4) is 0 Å². The molecular formula is C12H9BrN4O6S. The molecule has 0 spiro atoms. The Labute approximate surface area is 143 Å². The van der Waals surface area contributed by atoms with Crippen LogP contribution in [0, 0.1) is 20.2 Å². The Kier molecular flexibility index (Phi) is 4.71. The zero-order valence-corrected chi connectivity index (χ0v) is 14.1. The lowest BCUT2D eigenvalue weighted by atomic mass is 10.2. The van der Waals surface area contributed by atoms with Gasteiger partial charge in [0.05, 0.1) is 15.5 Å². The van der Waals surface area contributed by atoms with Gasteiger partial charge in [-0.3, -0.25) is 25.0 Å². The molecule has 0 aliphatic heterocycles. The van der Waals surface area contributed by atoms with Crippen molar-refractivity contribution in [3.05, 3.63) is 61.1 Å². The van der Waals surface area contributed by atoms with Crippen molar-refractivity contribution in [2.75, 3.05) is 10.5 Å². The third-order valence-electron chi connectivity index (χ3n) is 2.89. The molecule has 10 nitrogen and oxygen atoms in total. The van der Waals surface area contributed by atoms with Crippen LogP contribution >= 0.6 is 15.9 Å². The maximum absolute atomic E-state index is 12.4. The first-order chi connectivity index (χ1) is 11.1. The Morgan fingerprint density at radius 2 is 1.62 bits per heavy atom. The third kappa shape index (κ3) is 3.60. The minimum atomic E-state index is -4.34. The Morgan fingerprint density at radius 1 is 1.00 bits per heavy atom. The summed E-state index contributed by atoms with van der Waals surface area (Å²) in [5, 5.41) is 21.9. The first kappa shape index (κ1) is 17.6. The van der Waals surface area contributed by atoms with E-state index < -0.39 is 36.1 Å². The second-order valence-electron chi connectivity index (χ2n) is 4.51. The van der Waals surface area contributed by atoms with Crippen molar-refractivity contribution in [2.24, 2.45) is 0 Å². The van der Waals surface area contributed by atoms with E-state index >= 15 is 0 Å². The molecule has 0 saturated heterocycles. The summed E-state index contributed by atoms with van der Waals surface area (Å²) in [6.45, 7) is 0. The highest BCUT2D eigenvalue weighted by molar-refractivity contribution is 9.10. The first-order valence-corrected chi connectivity index (χ1v) is 8.40. The summed E-state index contributed by atoms with van der Waals surface area (Å²) in [4.78, 5) is 19.7. The highest BCUT2D eigenvalue weighted by Crippen LogP contribution is 2.30. The average molecular weight is 417 g/mol. The van der Waals surface area contributed by atoms with Crippen LogP contribution in [0.1, 0.15) is 0 Å². The van der Waals surface area contributed by atoms with Gasteiger partial charge in [-0.25, -0.2) is 8.42 Å². The number of nitrogens with two attached hydrogens (primary N) is 1. The van der Waals surface area contributed by atoms with Gasteiger partial charge in [0, 0.05) is 16.6 Å². The standard InChI is InChI=1S/C12H9BrN4O6S/c13-7-1-4-12(11(5-7)17(20)21)24(22,23)15-8-2-3-9(14)10(6-8)16(18)19/h1-6,15H,14H2. The van der Waals surface area contributed by atoms with Crippen molar-refractivity contribution in [3.63, 3.8) is 0 Å². The topological polar surface area (TPSA) is 158 Å². The fourth-order valence-corrected chi connectivity index (χ4v) is 3.39. The van der Waals surface area contributed by atoms with Gasteiger partial charge in [0.15, 0.2) is 4.90 Å². The number of hydrogen-bond acceptors (Lipinski definition) is 7. The minimum absolute atomic E-state index is 0.141. The molecule has 0 unspecified atom stereocenters. The van der Waals surface area contributed by atoms with E-state index in [2.05, 4.69) is 20.7 Å². The SMILES string of the molecule is Nc1ccc(NS(=O)(=O)c2ccc(Br)cc2[N+](=O)[O-])cc1[N+](=O)[O-]. The van der Waals surface area contributed by atoms with Crippen LogP contribution in [0.25, 0.3) is 0 Å². The van der Waals surface area contributed by atoms with Crippen LogP contribution in [0.5, 0.6) is 0 Å². The van der Waals surface area contributed by atoms with Gasteiger partial charge in [-0.1, -0.05) is 15.9 Å². The molecule has 0 bridgehead atoms. The summed E-state index contributed by atoms with van der Waals surface area (Å²) < 4.78 is 27.1. The molecule has 12 heteroatoms. The molecular weight excluding hydrogens is 408 g/mol. The number of nitrogens with one attached hydrogen (secondary N) is 1. The zero-order chi connectivity index (χ0) is 18.1. The second kappa shape index (κ2) is 6.41. The van der Waals surface area contributed by atoms with Crippen LogP contribution in [0.4, 0.5) is 22.7 Å². The van der Waals surface area contributed by atoms with E-state index in [1.807, 2.05) is 0 Å². The van der Waals surface area contributed by atoms with Gasteiger partial charge in [0.25, 0.3) is 21.4 Å². The lowest BCUT2D eigenvalue weighted by molar-refractivity contribution is -0.387. The molecule has 0 fully saturated rings. The smallest absolute Gasteiger partial charge is 0.294 e. The van der Waals surface area contributed by atoms with Gasteiger partial charge in [0.2, 0.25) is 0 Å². The number of rotatable bonds is 5. The number of anilines is 2. The van der Waals surface area contributed by atoms with Crippen LogP contribution in [0.2, 0.25) is 0 Å². The molecule has 0 aliphatic rings. The normalized spacial score (nSPS) is 11.0. The van der Waals surface area contributed by atoms with Crippen molar-refractivity contribution >= 4 is 48.7 Å². The molecule has 24 heavy (non-hydrogen) atoms. The van der Waals surface area contributed by atoms with Crippen LogP contribution in [-0.2, 0) is 10.0 Å². The van der Waals surface area contributed by atoms with E-state index in [0.717, 1.165) is 24.3 Å². The van der Waals surface area contributed by atoms with Crippen molar-refractivity contribution in [3.8, 4) is 0 Å². The Balaban J connectivity index is 2.49. The molecule has 0 saturated carbocycles. The number of hydrogen-bond donors (Lipinski definition) is 2. The van der Waals surface area contributed by atoms with E-state index in [1.165, 1.54) is 12.1 Å². The number of nitro benzene ring substituents is 2. The molecule has 0 atom stereocenters. The zero-order valence-electron chi connectivity index (χ0n) is 11.7. The molecule has 2 aromatic rings. The summed E-state index contributed by atoms with van der Waals surface area (Å²) in [7, 11) is -4.34. The van der Waals surface area contributed by atoms with Crippen molar-refractivity contribution in [2.45, 2.75) is 4.90 Å². The van der Waals surface area contributed by atoms with Gasteiger partial charge in [0.1, 0.15) is 5.69 Å². The summed E-state index contributed by atoms with van der Waals surface area (Å²) in [6, 6.07) is 6.72. The molecule has 2 aromatic carbocycles. The van der Waals surface area contributed by atoms with Gasteiger partial charge >= 0.3 is 0 Å². The number of sulfonamides is 1. The predicted octanol–water partition coefficient (Wildman–Crippen LogP) is 2.65. The van der Waals surface area contributed by atoms with Crippen LogP contribution < -0.4 is 10.5 Å². The Hall–Kier alpha value is -2.73. The maximum atomic E-state index is 12.4. The lowest BCUT2D eigenvalue weighted by Crippen LogP contribution is -2.15. The number of benzene rings is 2. The molecule has 0 aromatic heterocycles. The third-order valence-corrected chi connectivity index (χ3v) is 4.81. The second-order valence-corrected chi connectivity index (χ2v) is 7.07. The van der Waals surface area contributed by atoms with E-state index in [4.69, 9.17) is 5.73 Å². The summed E-state index contributed by atoms with van der Waals surface area (Å²) >= 11 is 3.02. The highest BCUT2D eigenvalue weighted by Gasteiger charge is 2.26. The average Bonchev–Trinajstić information content (AvgIpc) is 2.48. The summed E-state index contributed by atoms with van der Waals surface area (Å²) in [6.07, 6.45) is 0. The van der Waals surface area contributed by atoms with E-state index in [1.54, 1.807) is 0 Å². The fraction of sp³-hybridized carbons (Fsp3) is 0. The van der Waals surface area contributed by atoms with Crippen LogP contribution in [0.15, 0.2) is 45.8 Å². The summed E-state index contributed by atoms with van der Waals surface area (Å²) in [5.74, 6) is 0. The number of nitro groups is 2. The van der Waals surface area contributed by atoms with E-state index in [9.17, 15) is 28.6 Å². The monoisotopic (exact) mass is 416 g/mol. The quantitative estimate of drug-likeness (QED) is 0.430. The number of nitrogens with zero attached hydrogens (tertiary/aromatic N) is 2. The summed E-state index contributed by atoms with van der Waals surface area (Å²) in [5.41, 5.74) is 4.02. The maximum Gasteiger partial charge on any atom is 0.294 e.